The van der Waals surface area contributed by atoms with E-state index in [4.69, 9.17) is 0 Å². The zero-order chi connectivity index (χ0) is 11.5. The highest BCUT2D eigenvalue weighted by Crippen LogP contribution is 2.32. The summed E-state index contributed by atoms with van der Waals surface area (Å²) in [4.78, 5) is 8.33. The van der Waals surface area contributed by atoms with Crippen molar-refractivity contribution >= 4 is 16.5 Å². The molecule has 4 heteroatoms. The molecule has 1 aromatic rings. The SMILES string of the molecule is CCNCc1sc(N(C)CC2CC2)nc1C. The lowest BCUT2D eigenvalue weighted by Gasteiger charge is -2.14. The van der Waals surface area contributed by atoms with Crippen molar-refractivity contribution in [3.05, 3.63) is 10.6 Å². The maximum Gasteiger partial charge on any atom is 0.185 e. The van der Waals surface area contributed by atoms with Gasteiger partial charge in [-0.05, 0) is 32.2 Å². The van der Waals surface area contributed by atoms with Gasteiger partial charge in [-0.25, -0.2) is 4.98 Å². The molecule has 0 saturated heterocycles. The van der Waals surface area contributed by atoms with Crippen molar-refractivity contribution in [2.24, 2.45) is 5.92 Å². The topological polar surface area (TPSA) is 28.2 Å². The van der Waals surface area contributed by atoms with E-state index in [2.05, 4.69) is 36.1 Å². The van der Waals surface area contributed by atoms with Gasteiger partial charge in [0.2, 0.25) is 0 Å². The first kappa shape index (κ1) is 11.9. The first-order valence-electron chi connectivity index (χ1n) is 6.09. The molecule has 0 radical (unpaired) electrons. The Kier molecular flexibility index (Phi) is 3.82. The van der Waals surface area contributed by atoms with Crippen LogP contribution in [0.5, 0.6) is 0 Å². The monoisotopic (exact) mass is 239 g/mol. The van der Waals surface area contributed by atoms with Crippen LogP contribution in [-0.2, 0) is 6.54 Å². The minimum absolute atomic E-state index is 0.923. The van der Waals surface area contributed by atoms with Crippen LogP contribution < -0.4 is 10.2 Å². The number of anilines is 1. The molecule has 0 atom stereocenters. The Morgan fingerprint density at radius 2 is 2.25 bits per heavy atom. The molecule has 1 aliphatic rings. The fourth-order valence-electron chi connectivity index (χ4n) is 1.74. The number of thiazole rings is 1. The predicted octanol–water partition coefficient (Wildman–Crippen LogP) is 2.41. The van der Waals surface area contributed by atoms with Crippen LogP contribution in [0.4, 0.5) is 5.13 Å². The zero-order valence-electron chi connectivity index (χ0n) is 10.4. The molecular formula is C12H21N3S. The lowest BCUT2D eigenvalue weighted by atomic mass is 10.4. The van der Waals surface area contributed by atoms with E-state index in [1.165, 1.54) is 35.1 Å². The van der Waals surface area contributed by atoms with E-state index in [1.807, 2.05) is 11.3 Å². The average molecular weight is 239 g/mol. The van der Waals surface area contributed by atoms with Crippen LogP contribution in [0.25, 0.3) is 0 Å². The van der Waals surface area contributed by atoms with E-state index in [9.17, 15) is 0 Å². The molecule has 3 nitrogen and oxygen atoms in total. The molecule has 16 heavy (non-hydrogen) atoms. The average Bonchev–Trinajstić information content (AvgIpc) is 2.98. The van der Waals surface area contributed by atoms with Crippen molar-refractivity contribution < 1.29 is 0 Å². The number of aryl methyl sites for hydroxylation is 1. The molecule has 0 amide bonds. The van der Waals surface area contributed by atoms with Gasteiger partial charge in [0.25, 0.3) is 0 Å². The molecule has 0 spiro atoms. The van der Waals surface area contributed by atoms with Gasteiger partial charge in [0.15, 0.2) is 5.13 Å². The molecule has 0 aliphatic heterocycles. The fourth-order valence-corrected chi connectivity index (χ4v) is 2.75. The molecule has 2 rings (SSSR count). The fraction of sp³-hybridized carbons (Fsp3) is 0.750. The van der Waals surface area contributed by atoms with Crippen molar-refractivity contribution in [2.75, 3.05) is 25.0 Å². The molecule has 1 fully saturated rings. The largest absolute Gasteiger partial charge is 0.351 e. The molecule has 1 aliphatic carbocycles. The highest BCUT2D eigenvalue weighted by molar-refractivity contribution is 7.15. The normalized spacial score (nSPS) is 15.4. The van der Waals surface area contributed by atoms with Crippen molar-refractivity contribution in [1.29, 1.82) is 0 Å². The van der Waals surface area contributed by atoms with Crippen LogP contribution in [0.1, 0.15) is 30.3 Å². The van der Waals surface area contributed by atoms with Crippen LogP contribution >= 0.6 is 11.3 Å². The summed E-state index contributed by atoms with van der Waals surface area (Å²) in [6.07, 6.45) is 2.80. The number of nitrogens with zero attached hydrogens (tertiary/aromatic N) is 2. The van der Waals surface area contributed by atoms with E-state index >= 15 is 0 Å². The van der Waals surface area contributed by atoms with Crippen LogP contribution in [-0.4, -0.2) is 25.1 Å². The van der Waals surface area contributed by atoms with Crippen LogP contribution in [0.15, 0.2) is 0 Å². The summed E-state index contributed by atoms with van der Waals surface area (Å²) in [5.41, 5.74) is 1.18. The van der Waals surface area contributed by atoms with E-state index in [0.29, 0.717) is 0 Å². The van der Waals surface area contributed by atoms with Crippen LogP contribution in [0, 0.1) is 12.8 Å². The number of aromatic nitrogens is 1. The van der Waals surface area contributed by atoms with E-state index in [1.54, 1.807) is 0 Å². The van der Waals surface area contributed by atoms with Crippen LogP contribution in [0.2, 0.25) is 0 Å². The minimum Gasteiger partial charge on any atom is -0.351 e. The predicted molar refractivity (Wildman–Crippen MR) is 70.2 cm³/mol. The second-order valence-corrected chi connectivity index (χ2v) is 5.67. The molecular weight excluding hydrogens is 218 g/mol. The Labute approximate surface area is 102 Å². The molecule has 90 valence electrons. The van der Waals surface area contributed by atoms with Gasteiger partial charge in [-0.15, -0.1) is 11.3 Å². The van der Waals surface area contributed by atoms with Gasteiger partial charge < -0.3 is 10.2 Å². The summed E-state index contributed by atoms with van der Waals surface area (Å²) < 4.78 is 0. The molecule has 1 saturated carbocycles. The zero-order valence-corrected chi connectivity index (χ0v) is 11.2. The van der Waals surface area contributed by atoms with Crippen molar-refractivity contribution in [2.45, 2.75) is 33.2 Å². The van der Waals surface area contributed by atoms with Gasteiger partial charge in [-0.2, -0.15) is 0 Å². The minimum atomic E-state index is 0.923. The summed E-state index contributed by atoms with van der Waals surface area (Å²) in [6, 6.07) is 0. The van der Waals surface area contributed by atoms with Gasteiger partial charge in [-0.1, -0.05) is 6.92 Å². The second kappa shape index (κ2) is 5.15. The van der Waals surface area contributed by atoms with E-state index in [-0.39, 0.29) is 0 Å². The summed E-state index contributed by atoms with van der Waals surface area (Å²) in [5, 5.41) is 4.54. The highest BCUT2D eigenvalue weighted by atomic mass is 32.1. The molecule has 1 N–H and O–H groups in total. The molecule has 0 bridgehead atoms. The standard InChI is InChI=1S/C12H21N3S/c1-4-13-7-11-9(2)14-12(16-11)15(3)8-10-5-6-10/h10,13H,4-8H2,1-3H3. The number of nitrogens with one attached hydrogen (secondary N) is 1. The van der Waals surface area contributed by atoms with Gasteiger partial charge >= 0.3 is 0 Å². The maximum atomic E-state index is 4.65. The van der Waals surface area contributed by atoms with E-state index in [0.717, 1.165) is 19.0 Å². The van der Waals surface area contributed by atoms with Gasteiger partial charge in [-0.3, -0.25) is 0 Å². The molecule has 1 aromatic heterocycles. The Morgan fingerprint density at radius 1 is 1.50 bits per heavy atom. The smallest absolute Gasteiger partial charge is 0.185 e. The summed E-state index contributed by atoms with van der Waals surface area (Å²) in [5.74, 6) is 0.923. The van der Waals surface area contributed by atoms with Crippen molar-refractivity contribution in [1.82, 2.24) is 10.3 Å². The molecule has 0 unspecified atom stereocenters. The van der Waals surface area contributed by atoms with Gasteiger partial charge in [0.05, 0.1) is 5.69 Å². The summed E-state index contributed by atoms with van der Waals surface area (Å²) in [6.45, 7) is 7.39. The van der Waals surface area contributed by atoms with Gasteiger partial charge in [0.1, 0.15) is 0 Å². The third kappa shape index (κ3) is 2.95. The van der Waals surface area contributed by atoms with Crippen molar-refractivity contribution in [3.63, 3.8) is 0 Å². The third-order valence-electron chi connectivity index (χ3n) is 2.97. The van der Waals surface area contributed by atoms with Crippen molar-refractivity contribution in [3.8, 4) is 0 Å². The second-order valence-electron chi connectivity index (χ2n) is 4.61. The number of hydrogen-bond acceptors (Lipinski definition) is 4. The van der Waals surface area contributed by atoms with Crippen LogP contribution in [0.3, 0.4) is 0 Å². The number of rotatable bonds is 6. The maximum absolute atomic E-state index is 4.65. The Bertz CT molecular complexity index is 344. The Balaban J connectivity index is 1.97. The third-order valence-corrected chi connectivity index (χ3v) is 4.24. The first-order valence-corrected chi connectivity index (χ1v) is 6.90. The lowest BCUT2D eigenvalue weighted by Crippen LogP contribution is -2.19. The highest BCUT2D eigenvalue weighted by Gasteiger charge is 2.24. The molecule has 0 aromatic carbocycles. The summed E-state index contributed by atoms with van der Waals surface area (Å²) >= 11 is 1.83. The lowest BCUT2D eigenvalue weighted by molar-refractivity contribution is 0.730. The quantitative estimate of drug-likeness (QED) is 0.826. The Morgan fingerprint density at radius 3 is 2.88 bits per heavy atom. The summed E-state index contributed by atoms with van der Waals surface area (Å²) in [7, 11) is 2.16. The first-order chi connectivity index (χ1) is 7.70. The number of hydrogen-bond donors (Lipinski definition) is 1. The Hall–Kier alpha value is -0.610. The van der Waals surface area contributed by atoms with Gasteiger partial charge in [0, 0.05) is 25.0 Å². The van der Waals surface area contributed by atoms with E-state index < -0.39 is 0 Å². The molecule has 1 heterocycles.